The third-order valence-corrected chi connectivity index (χ3v) is 3.38. The van der Waals surface area contributed by atoms with Gasteiger partial charge in [-0.1, -0.05) is 0 Å². The number of nitrogens with zero attached hydrogens (tertiary/aromatic N) is 2. The molecule has 2 nitrogen and oxygen atoms in total. The van der Waals surface area contributed by atoms with Crippen LogP contribution in [-0.4, -0.2) is 36.3 Å². The van der Waals surface area contributed by atoms with Crippen LogP contribution < -0.4 is 0 Å². The minimum absolute atomic E-state index is 0.491. The van der Waals surface area contributed by atoms with Crippen LogP contribution in [0.15, 0.2) is 0 Å². The van der Waals surface area contributed by atoms with Crippen molar-refractivity contribution < 1.29 is 57.1 Å². The van der Waals surface area contributed by atoms with Crippen molar-refractivity contribution in [2.45, 2.75) is 55.6 Å². The van der Waals surface area contributed by atoms with Crippen LogP contribution in [0.3, 0.4) is 0 Å². The van der Waals surface area contributed by atoms with Gasteiger partial charge in [0.05, 0.1) is 12.1 Å². The summed E-state index contributed by atoms with van der Waals surface area (Å²) in [4.78, 5) is 0. The van der Waals surface area contributed by atoms with Gasteiger partial charge in [-0.25, -0.2) is 8.78 Å². The van der Waals surface area contributed by atoms with Gasteiger partial charge in [-0.3, -0.25) is 0 Å². The highest BCUT2D eigenvalue weighted by molar-refractivity contribution is 5.17. The fourth-order valence-electron chi connectivity index (χ4n) is 1.69. The monoisotopic (exact) mass is 426 g/mol. The number of rotatable bonds is 8. The highest BCUT2D eigenvalue weighted by Gasteiger charge is 2.76. The largest absolute Gasteiger partial charge is 0.453 e. The van der Waals surface area contributed by atoms with Crippen LogP contribution in [0.2, 0.25) is 0 Å². The molecule has 0 spiro atoms. The minimum Gasteiger partial charge on any atom is -0.203 e. The molecule has 0 heterocycles. The first kappa shape index (κ1) is 25.1. The van der Waals surface area contributed by atoms with Crippen LogP contribution in [-0.2, 0) is 0 Å². The van der Waals surface area contributed by atoms with Gasteiger partial charge in [0.25, 0.3) is 0 Å². The smallest absolute Gasteiger partial charge is 0.203 e. The molecule has 0 saturated carbocycles. The lowest BCUT2D eigenvalue weighted by Crippen LogP contribution is -2.58. The van der Waals surface area contributed by atoms with E-state index in [1.165, 1.54) is 0 Å². The summed E-state index contributed by atoms with van der Waals surface area (Å²) in [7, 11) is 0. The van der Waals surface area contributed by atoms with Gasteiger partial charge in [0.2, 0.25) is 0 Å². The fourth-order valence-corrected chi connectivity index (χ4v) is 1.69. The van der Waals surface area contributed by atoms with Crippen molar-refractivity contribution in [3.63, 3.8) is 0 Å². The van der Waals surface area contributed by atoms with Gasteiger partial charge < -0.3 is 0 Å². The predicted octanol–water partition coefficient (Wildman–Crippen LogP) is 5.56. The standard InChI is InChI=1S/C12H7F13N2/c13-6(14)10(19,20)11(21,22)9(17,18)3-7(4-26,5-27)1-2-8(15,16)12(23,24)25/h6H,1-3H2. The molecule has 0 aromatic heterocycles. The second-order valence-electron chi connectivity index (χ2n) is 5.39. The summed E-state index contributed by atoms with van der Waals surface area (Å²) in [6.07, 6.45) is -19.1. The van der Waals surface area contributed by atoms with E-state index >= 15 is 0 Å². The van der Waals surface area contributed by atoms with Crippen LogP contribution in [0.25, 0.3) is 0 Å². The molecule has 0 unspecified atom stereocenters. The SMILES string of the molecule is N#CC(C#N)(CCC(F)(F)C(F)(F)F)CC(F)(F)C(F)(F)C(F)(F)C(F)F. The first-order valence-corrected chi connectivity index (χ1v) is 6.42. The maximum Gasteiger partial charge on any atom is 0.453 e. The topological polar surface area (TPSA) is 47.6 Å². The summed E-state index contributed by atoms with van der Waals surface area (Å²) < 4.78 is 164. The molecule has 15 heteroatoms. The van der Waals surface area contributed by atoms with Crippen LogP contribution in [0.4, 0.5) is 57.1 Å². The molecule has 27 heavy (non-hydrogen) atoms. The number of hydrogen-bond donors (Lipinski definition) is 0. The molecule has 0 aliphatic carbocycles. The van der Waals surface area contributed by atoms with E-state index in [0.717, 1.165) is 0 Å². The number of hydrogen-bond acceptors (Lipinski definition) is 2. The Morgan fingerprint density at radius 1 is 0.667 bits per heavy atom. The van der Waals surface area contributed by atoms with Gasteiger partial charge in [0.1, 0.15) is 5.41 Å². The highest BCUT2D eigenvalue weighted by Crippen LogP contribution is 2.53. The Bertz CT molecular complexity index is 594. The molecule has 0 aliphatic heterocycles. The summed E-state index contributed by atoms with van der Waals surface area (Å²) in [5, 5.41) is 17.2. The number of alkyl halides is 13. The lowest BCUT2D eigenvalue weighted by Gasteiger charge is -2.35. The Labute approximate surface area is 142 Å². The Morgan fingerprint density at radius 3 is 1.37 bits per heavy atom. The summed E-state index contributed by atoms with van der Waals surface area (Å²) in [6, 6.07) is 0.981. The van der Waals surface area contributed by atoms with Crippen LogP contribution >= 0.6 is 0 Å². The van der Waals surface area contributed by atoms with Gasteiger partial charge in [0.15, 0.2) is 0 Å². The maximum atomic E-state index is 13.5. The van der Waals surface area contributed by atoms with Gasteiger partial charge in [-0.15, -0.1) is 0 Å². The molecule has 0 N–H and O–H groups in total. The Hall–Kier alpha value is -1.93. The summed E-state index contributed by atoms with van der Waals surface area (Å²) in [5.74, 6) is -25.4. The van der Waals surface area contributed by atoms with E-state index < -0.39 is 61.0 Å². The molecule has 0 amide bonds. The molecule has 0 aromatic rings. The zero-order chi connectivity index (χ0) is 22.1. The Kier molecular flexibility index (Phi) is 6.72. The minimum atomic E-state index is -6.85. The van der Waals surface area contributed by atoms with Gasteiger partial charge >= 0.3 is 36.3 Å². The van der Waals surface area contributed by atoms with Crippen molar-refractivity contribution in [3.8, 4) is 12.1 Å². The van der Waals surface area contributed by atoms with E-state index in [4.69, 9.17) is 10.5 Å². The van der Waals surface area contributed by atoms with Crippen molar-refractivity contribution in [1.29, 1.82) is 10.5 Å². The third kappa shape index (κ3) is 4.68. The lowest BCUT2D eigenvalue weighted by molar-refractivity contribution is -0.342. The first-order valence-electron chi connectivity index (χ1n) is 6.42. The highest BCUT2D eigenvalue weighted by atomic mass is 19.4. The van der Waals surface area contributed by atoms with Crippen LogP contribution in [0, 0.1) is 28.1 Å². The summed E-state index contributed by atoms with van der Waals surface area (Å²) in [5.41, 5.74) is -3.72. The van der Waals surface area contributed by atoms with Crippen molar-refractivity contribution >= 4 is 0 Å². The molecule has 0 saturated heterocycles. The summed E-state index contributed by atoms with van der Waals surface area (Å²) in [6.45, 7) is 0. The van der Waals surface area contributed by atoms with Crippen LogP contribution in [0.1, 0.15) is 19.3 Å². The molecule has 0 fully saturated rings. The first-order chi connectivity index (χ1) is 11.7. The molecular formula is C12H7F13N2. The average Bonchev–Trinajstić information content (AvgIpc) is 2.49. The Balaban J connectivity index is 5.83. The maximum absolute atomic E-state index is 13.5. The van der Waals surface area contributed by atoms with Crippen molar-refractivity contribution in [2.75, 3.05) is 0 Å². The zero-order valence-electron chi connectivity index (χ0n) is 12.5. The molecular weight excluding hydrogens is 419 g/mol. The van der Waals surface area contributed by atoms with E-state index in [0.29, 0.717) is 12.1 Å². The van der Waals surface area contributed by atoms with Crippen LogP contribution in [0.5, 0.6) is 0 Å². The second kappa shape index (κ2) is 7.24. The molecule has 0 atom stereocenters. The fraction of sp³-hybridized carbons (Fsp3) is 0.833. The molecule has 0 rings (SSSR count). The molecule has 0 bridgehead atoms. The van der Waals surface area contributed by atoms with E-state index in [-0.39, 0.29) is 0 Å². The molecule has 0 aromatic carbocycles. The zero-order valence-corrected chi connectivity index (χ0v) is 12.5. The van der Waals surface area contributed by atoms with Crippen molar-refractivity contribution in [2.24, 2.45) is 5.41 Å². The van der Waals surface area contributed by atoms with Crippen molar-refractivity contribution in [1.82, 2.24) is 0 Å². The van der Waals surface area contributed by atoms with Crippen molar-refractivity contribution in [3.05, 3.63) is 0 Å². The molecule has 0 radical (unpaired) electrons. The van der Waals surface area contributed by atoms with Gasteiger partial charge in [0, 0.05) is 12.8 Å². The Morgan fingerprint density at radius 2 is 1.07 bits per heavy atom. The van der Waals surface area contributed by atoms with E-state index in [2.05, 4.69) is 0 Å². The quantitative estimate of drug-likeness (QED) is 0.478. The van der Waals surface area contributed by atoms with E-state index in [1.54, 1.807) is 0 Å². The normalized spacial score (nSPS) is 14.8. The lowest BCUT2D eigenvalue weighted by atomic mass is 9.78. The van der Waals surface area contributed by atoms with Gasteiger partial charge in [-0.05, 0) is 6.42 Å². The van der Waals surface area contributed by atoms with E-state index in [9.17, 15) is 57.1 Å². The predicted molar refractivity (Wildman–Crippen MR) is 59.4 cm³/mol. The number of halogens is 13. The molecule has 0 aliphatic rings. The molecule has 156 valence electrons. The second-order valence-corrected chi connectivity index (χ2v) is 5.39. The number of nitriles is 2. The third-order valence-electron chi connectivity index (χ3n) is 3.38. The van der Waals surface area contributed by atoms with Gasteiger partial charge in [-0.2, -0.15) is 58.8 Å². The average molecular weight is 426 g/mol. The van der Waals surface area contributed by atoms with E-state index in [1.807, 2.05) is 0 Å². The summed E-state index contributed by atoms with van der Waals surface area (Å²) >= 11 is 0.